The summed E-state index contributed by atoms with van der Waals surface area (Å²) in [4.78, 5) is 10.6. The van der Waals surface area contributed by atoms with Crippen LogP contribution >= 0.6 is 0 Å². The molecule has 15 heavy (non-hydrogen) atoms. The Bertz CT molecular complexity index is 213. The molecular weight excluding hydrogens is 196 g/mol. The second kappa shape index (κ2) is 7.29. The lowest BCUT2D eigenvalue weighted by Gasteiger charge is -2.29. The maximum Gasteiger partial charge on any atom is 0.302 e. The van der Waals surface area contributed by atoms with Gasteiger partial charge in [0.1, 0.15) is 12.7 Å². The van der Waals surface area contributed by atoms with Gasteiger partial charge >= 0.3 is 5.97 Å². The van der Waals surface area contributed by atoms with E-state index in [0.29, 0.717) is 18.4 Å². The third-order valence-corrected chi connectivity index (χ3v) is 2.50. The predicted octanol–water partition coefficient (Wildman–Crippen LogP) is 1.34. The number of ether oxygens (including phenoxy) is 2. The van der Waals surface area contributed by atoms with Crippen LogP contribution in [-0.2, 0) is 14.3 Å². The Morgan fingerprint density at radius 2 is 2.07 bits per heavy atom. The summed E-state index contributed by atoms with van der Waals surface area (Å²) in [6, 6.07) is 0. The van der Waals surface area contributed by atoms with E-state index in [9.17, 15) is 4.79 Å². The molecule has 0 saturated carbocycles. The molecule has 1 heterocycles. The Morgan fingerprint density at radius 3 is 2.60 bits per heavy atom. The molecule has 0 saturated heterocycles. The summed E-state index contributed by atoms with van der Waals surface area (Å²) in [7, 11) is 1.00. The summed E-state index contributed by atoms with van der Waals surface area (Å²) in [5.74, 6) is 0.622. The van der Waals surface area contributed by atoms with Crippen LogP contribution in [0.1, 0.15) is 20.8 Å². The Morgan fingerprint density at radius 1 is 1.47 bits per heavy atom. The van der Waals surface area contributed by atoms with E-state index in [1.54, 1.807) is 6.26 Å². The van der Waals surface area contributed by atoms with Crippen molar-refractivity contribution >= 4 is 5.97 Å². The summed E-state index contributed by atoms with van der Waals surface area (Å²) >= 11 is 0. The van der Waals surface area contributed by atoms with Gasteiger partial charge in [-0.05, 0) is 12.0 Å². The predicted molar refractivity (Wildman–Crippen MR) is 57.1 cm³/mol. The lowest BCUT2D eigenvalue weighted by molar-refractivity contribution is -0.145. The van der Waals surface area contributed by atoms with Gasteiger partial charge in [0.2, 0.25) is 0 Å². The maximum atomic E-state index is 10.6. The second-order valence-corrected chi connectivity index (χ2v) is 3.52. The largest absolute Gasteiger partial charge is 0.494 e. The molecule has 3 unspecified atom stereocenters. The van der Waals surface area contributed by atoms with Gasteiger partial charge in [0, 0.05) is 20.0 Å². The number of carbonyl (C=O) groups is 1. The summed E-state index contributed by atoms with van der Waals surface area (Å²) in [6.45, 7) is 5.99. The normalized spacial score (nSPS) is 28.5. The molecule has 0 aromatic carbocycles. The lowest BCUT2D eigenvalue weighted by atomic mass is 9.89. The molecule has 4 heteroatoms. The van der Waals surface area contributed by atoms with E-state index < -0.39 is 0 Å². The average Bonchev–Trinajstić information content (AvgIpc) is 2.23. The van der Waals surface area contributed by atoms with Gasteiger partial charge in [0.15, 0.2) is 0 Å². The van der Waals surface area contributed by atoms with Gasteiger partial charge in [0.05, 0.1) is 6.26 Å². The van der Waals surface area contributed by atoms with Crippen molar-refractivity contribution in [2.45, 2.75) is 26.9 Å². The van der Waals surface area contributed by atoms with E-state index in [1.165, 1.54) is 6.92 Å². The van der Waals surface area contributed by atoms with Crippen molar-refractivity contribution < 1.29 is 19.4 Å². The molecule has 0 fully saturated rings. The molecule has 88 valence electrons. The van der Waals surface area contributed by atoms with Gasteiger partial charge in [-0.3, -0.25) is 4.79 Å². The molecule has 0 aromatic heterocycles. The minimum absolute atomic E-state index is 0.00361. The standard InChI is InChI=1S/C10H16O3.CH4O/c1-7-4-5-12-10(8(7)2)6-13-9(3)11;1-2/h4-5,7-8,10H,6H2,1-3H3;2H,1H3. The van der Waals surface area contributed by atoms with Crippen molar-refractivity contribution in [3.05, 3.63) is 12.3 Å². The van der Waals surface area contributed by atoms with Gasteiger partial charge in [-0.15, -0.1) is 0 Å². The molecule has 0 radical (unpaired) electrons. The quantitative estimate of drug-likeness (QED) is 0.708. The third kappa shape index (κ3) is 4.83. The molecule has 3 atom stereocenters. The average molecular weight is 216 g/mol. The zero-order valence-electron chi connectivity index (χ0n) is 9.77. The Hall–Kier alpha value is -1.03. The SMILES string of the molecule is CC(=O)OCC1OC=CC(C)C1C.CO. The highest BCUT2D eigenvalue weighted by Crippen LogP contribution is 2.23. The fraction of sp³-hybridized carbons (Fsp3) is 0.727. The van der Waals surface area contributed by atoms with E-state index in [2.05, 4.69) is 13.8 Å². The highest BCUT2D eigenvalue weighted by atomic mass is 16.6. The molecule has 0 bridgehead atoms. The first kappa shape index (κ1) is 14.0. The van der Waals surface area contributed by atoms with Crippen LogP contribution in [0.5, 0.6) is 0 Å². The third-order valence-electron chi connectivity index (χ3n) is 2.50. The van der Waals surface area contributed by atoms with E-state index >= 15 is 0 Å². The maximum absolute atomic E-state index is 10.6. The summed E-state index contributed by atoms with van der Waals surface area (Å²) in [5.41, 5.74) is 0. The fourth-order valence-electron chi connectivity index (χ4n) is 1.30. The van der Waals surface area contributed by atoms with Crippen molar-refractivity contribution in [3.63, 3.8) is 0 Å². The van der Waals surface area contributed by atoms with E-state index in [0.717, 1.165) is 7.11 Å². The Kier molecular flexibility index (Phi) is 6.79. The lowest BCUT2D eigenvalue weighted by Crippen LogP contribution is -2.32. The second-order valence-electron chi connectivity index (χ2n) is 3.52. The highest BCUT2D eigenvalue weighted by molar-refractivity contribution is 5.65. The van der Waals surface area contributed by atoms with Crippen LogP contribution in [0, 0.1) is 11.8 Å². The van der Waals surface area contributed by atoms with Crippen molar-refractivity contribution in [1.82, 2.24) is 0 Å². The van der Waals surface area contributed by atoms with Gasteiger partial charge < -0.3 is 14.6 Å². The molecule has 0 aromatic rings. The van der Waals surface area contributed by atoms with Crippen LogP contribution in [0.2, 0.25) is 0 Å². The van der Waals surface area contributed by atoms with E-state index in [-0.39, 0.29) is 12.1 Å². The van der Waals surface area contributed by atoms with Crippen molar-refractivity contribution in [1.29, 1.82) is 0 Å². The summed E-state index contributed by atoms with van der Waals surface area (Å²) in [6.07, 6.45) is 3.72. The van der Waals surface area contributed by atoms with Gasteiger partial charge in [-0.2, -0.15) is 0 Å². The Labute approximate surface area is 90.9 Å². The summed E-state index contributed by atoms with van der Waals surface area (Å²) < 4.78 is 10.3. The summed E-state index contributed by atoms with van der Waals surface area (Å²) in [5, 5.41) is 7.00. The molecule has 1 N–H and O–H groups in total. The smallest absolute Gasteiger partial charge is 0.302 e. The minimum Gasteiger partial charge on any atom is -0.494 e. The number of aliphatic hydroxyl groups excluding tert-OH is 1. The monoisotopic (exact) mass is 216 g/mol. The highest BCUT2D eigenvalue weighted by Gasteiger charge is 2.26. The number of carbonyl (C=O) groups excluding carboxylic acids is 1. The van der Waals surface area contributed by atoms with Gasteiger partial charge in [-0.25, -0.2) is 0 Å². The fourth-order valence-corrected chi connectivity index (χ4v) is 1.30. The first-order valence-electron chi connectivity index (χ1n) is 5.01. The molecule has 1 aliphatic heterocycles. The van der Waals surface area contributed by atoms with Crippen molar-refractivity contribution in [2.24, 2.45) is 11.8 Å². The van der Waals surface area contributed by atoms with Crippen LogP contribution in [0.4, 0.5) is 0 Å². The molecular formula is C11H20O4. The zero-order valence-corrected chi connectivity index (χ0v) is 9.77. The first-order chi connectivity index (χ1) is 7.11. The first-order valence-corrected chi connectivity index (χ1v) is 5.01. The van der Waals surface area contributed by atoms with Gasteiger partial charge in [0.25, 0.3) is 0 Å². The topological polar surface area (TPSA) is 55.8 Å². The molecule has 0 amide bonds. The zero-order chi connectivity index (χ0) is 11.8. The van der Waals surface area contributed by atoms with Crippen LogP contribution in [0.15, 0.2) is 12.3 Å². The van der Waals surface area contributed by atoms with Crippen LogP contribution in [0.25, 0.3) is 0 Å². The van der Waals surface area contributed by atoms with Crippen molar-refractivity contribution in [2.75, 3.05) is 13.7 Å². The van der Waals surface area contributed by atoms with E-state index in [4.69, 9.17) is 14.6 Å². The van der Waals surface area contributed by atoms with Crippen molar-refractivity contribution in [3.8, 4) is 0 Å². The molecule has 1 aliphatic rings. The molecule has 0 aliphatic carbocycles. The number of aliphatic hydroxyl groups is 1. The van der Waals surface area contributed by atoms with Gasteiger partial charge in [-0.1, -0.05) is 13.8 Å². The Balaban J connectivity index is 0.000000921. The number of rotatable bonds is 2. The van der Waals surface area contributed by atoms with E-state index in [1.807, 2.05) is 6.08 Å². The van der Waals surface area contributed by atoms with Crippen LogP contribution in [-0.4, -0.2) is 30.9 Å². The van der Waals surface area contributed by atoms with Crippen LogP contribution < -0.4 is 0 Å². The molecule has 4 nitrogen and oxygen atoms in total. The number of esters is 1. The number of hydrogen-bond donors (Lipinski definition) is 1. The minimum atomic E-state index is -0.252. The molecule has 0 spiro atoms. The number of allylic oxidation sites excluding steroid dienone is 1. The number of hydrogen-bond acceptors (Lipinski definition) is 4. The molecule has 1 rings (SSSR count). The van der Waals surface area contributed by atoms with Crippen LogP contribution in [0.3, 0.4) is 0 Å².